The molecule has 148 valence electrons. The molecule has 0 bridgehead atoms. The monoisotopic (exact) mass is 402 g/mol. The van der Waals surface area contributed by atoms with E-state index in [9.17, 15) is 18.0 Å². The Morgan fingerprint density at radius 2 is 1.93 bits per heavy atom. The van der Waals surface area contributed by atoms with Gasteiger partial charge in [0.1, 0.15) is 23.2 Å². The Morgan fingerprint density at radius 1 is 1.26 bits per heavy atom. The number of aldehydes is 1. The van der Waals surface area contributed by atoms with Gasteiger partial charge in [0.15, 0.2) is 0 Å². The zero-order chi connectivity index (χ0) is 20.4. The third-order valence-electron chi connectivity index (χ3n) is 3.35. The van der Waals surface area contributed by atoms with Gasteiger partial charge in [0.2, 0.25) is 0 Å². The van der Waals surface area contributed by atoms with Crippen LogP contribution in [0.25, 0.3) is 10.9 Å². The van der Waals surface area contributed by atoms with Crippen molar-refractivity contribution >= 4 is 34.0 Å². The van der Waals surface area contributed by atoms with Crippen LogP contribution in [0.3, 0.4) is 0 Å². The van der Waals surface area contributed by atoms with Gasteiger partial charge in [-0.1, -0.05) is 0 Å². The number of methoxy groups -OCH3 is 2. The molecule has 0 aliphatic heterocycles. The standard InChI is InChI=1S/C15H13F3N2O2S.C3H8O/c1-22-11-5-3-10(14(23-2)19-7-8-21)9-4-6-12(15(16,17)18)20-13(9)11;1-3-4-2/h3-6,8H,7H2,1-2H3;3H2,1-2H3. The summed E-state index contributed by atoms with van der Waals surface area (Å²) in [5.41, 5.74) is -0.278. The summed E-state index contributed by atoms with van der Waals surface area (Å²) in [7, 11) is 3.05. The molecule has 2 aromatic rings. The average molecular weight is 402 g/mol. The van der Waals surface area contributed by atoms with Crippen LogP contribution in [0.15, 0.2) is 29.3 Å². The number of rotatable bonds is 5. The minimum absolute atomic E-state index is 0.0161. The highest BCUT2D eigenvalue weighted by molar-refractivity contribution is 8.13. The first-order chi connectivity index (χ1) is 12.8. The molecule has 0 saturated heterocycles. The molecule has 1 aromatic heterocycles. The van der Waals surface area contributed by atoms with Crippen molar-refractivity contribution in [2.45, 2.75) is 13.1 Å². The van der Waals surface area contributed by atoms with E-state index in [0.29, 0.717) is 22.3 Å². The Labute approximate surface area is 160 Å². The summed E-state index contributed by atoms with van der Waals surface area (Å²) in [5, 5.41) is 1.03. The molecule has 0 radical (unpaired) electrons. The number of carbonyl (C=O) groups excluding carboxylic acids is 1. The van der Waals surface area contributed by atoms with Gasteiger partial charge in [-0.25, -0.2) is 4.98 Å². The lowest BCUT2D eigenvalue weighted by Gasteiger charge is -2.13. The minimum atomic E-state index is -4.54. The number of aromatic nitrogens is 1. The molecule has 0 spiro atoms. The molecular weight excluding hydrogens is 381 g/mol. The smallest absolute Gasteiger partial charge is 0.433 e. The largest absolute Gasteiger partial charge is 0.494 e. The van der Waals surface area contributed by atoms with Gasteiger partial charge < -0.3 is 14.3 Å². The van der Waals surface area contributed by atoms with Crippen LogP contribution in [0, 0.1) is 0 Å². The number of nitrogens with zero attached hydrogens (tertiary/aromatic N) is 2. The Bertz CT molecular complexity index is 793. The molecule has 5 nitrogen and oxygen atoms in total. The maximum Gasteiger partial charge on any atom is 0.433 e. The molecule has 27 heavy (non-hydrogen) atoms. The number of carbonyl (C=O) groups is 1. The van der Waals surface area contributed by atoms with Gasteiger partial charge in [0, 0.05) is 24.7 Å². The molecule has 0 atom stereocenters. The maximum atomic E-state index is 12.9. The van der Waals surface area contributed by atoms with Gasteiger partial charge >= 0.3 is 6.18 Å². The van der Waals surface area contributed by atoms with Crippen molar-refractivity contribution in [3.8, 4) is 5.75 Å². The second kappa shape index (κ2) is 10.9. The van der Waals surface area contributed by atoms with Crippen LogP contribution in [0.4, 0.5) is 13.2 Å². The summed E-state index contributed by atoms with van der Waals surface area (Å²) in [6, 6.07) is 5.49. The molecule has 0 amide bonds. The van der Waals surface area contributed by atoms with Crippen LogP contribution in [0.5, 0.6) is 5.75 Å². The Morgan fingerprint density at radius 3 is 2.41 bits per heavy atom. The molecule has 9 heteroatoms. The first-order valence-corrected chi connectivity index (χ1v) is 9.12. The van der Waals surface area contributed by atoms with E-state index in [1.165, 1.54) is 31.0 Å². The molecule has 0 fully saturated rings. The number of aliphatic imine (C=N–C) groups is 1. The lowest BCUT2D eigenvalue weighted by Crippen LogP contribution is -2.09. The molecule has 0 aliphatic rings. The number of hydrogen-bond acceptors (Lipinski definition) is 6. The van der Waals surface area contributed by atoms with E-state index in [-0.39, 0.29) is 17.8 Å². The highest BCUT2D eigenvalue weighted by Crippen LogP contribution is 2.34. The predicted octanol–water partition coefficient (Wildman–Crippen LogP) is 4.22. The quantitative estimate of drug-likeness (QED) is 0.426. The first kappa shape index (κ1) is 22.9. The number of pyridine rings is 1. The molecule has 2 rings (SSSR count). The van der Waals surface area contributed by atoms with Crippen molar-refractivity contribution in [1.29, 1.82) is 0 Å². The number of hydrogen-bond donors (Lipinski definition) is 0. The summed E-state index contributed by atoms with van der Waals surface area (Å²) in [4.78, 5) is 18.3. The van der Waals surface area contributed by atoms with E-state index in [1.54, 1.807) is 19.4 Å². The topological polar surface area (TPSA) is 60.8 Å². The lowest BCUT2D eigenvalue weighted by molar-refractivity contribution is -0.141. The van der Waals surface area contributed by atoms with Crippen molar-refractivity contribution in [3.63, 3.8) is 0 Å². The number of halogens is 3. The lowest BCUT2D eigenvalue weighted by atomic mass is 10.1. The minimum Gasteiger partial charge on any atom is -0.494 e. The van der Waals surface area contributed by atoms with Crippen LogP contribution in [0.1, 0.15) is 18.2 Å². The first-order valence-electron chi connectivity index (χ1n) is 7.90. The molecule has 0 unspecified atom stereocenters. The number of fused-ring (bicyclic) bond motifs is 1. The maximum absolute atomic E-state index is 12.9. The van der Waals surface area contributed by atoms with Gasteiger partial charge in [-0.2, -0.15) is 13.2 Å². The van der Waals surface area contributed by atoms with E-state index in [4.69, 9.17) is 4.74 Å². The Hall–Kier alpha value is -2.13. The summed E-state index contributed by atoms with van der Waals surface area (Å²) in [6.07, 6.45) is -2.11. The van der Waals surface area contributed by atoms with Gasteiger partial charge in [-0.3, -0.25) is 4.99 Å². The molecule has 0 aliphatic carbocycles. The van der Waals surface area contributed by atoms with Crippen molar-refractivity contribution < 1.29 is 27.4 Å². The van der Waals surface area contributed by atoms with Gasteiger partial charge in [-0.05, 0) is 37.4 Å². The van der Waals surface area contributed by atoms with E-state index in [2.05, 4.69) is 14.7 Å². The second-order valence-corrected chi connectivity index (χ2v) is 5.79. The number of thioether (sulfide) groups is 1. The molecule has 0 saturated carbocycles. The Kier molecular flexibility index (Phi) is 9.23. The molecular formula is C18H21F3N2O3S. The highest BCUT2D eigenvalue weighted by atomic mass is 32.2. The fraction of sp³-hybridized carbons (Fsp3) is 0.389. The summed E-state index contributed by atoms with van der Waals surface area (Å²) in [5.74, 6) is 0.241. The van der Waals surface area contributed by atoms with Gasteiger partial charge in [0.05, 0.1) is 18.7 Å². The van der Waals surface area contributed by atoms with Crippen LogP contribution in [0.2, 0.25) is 0 Å². The van der Waals surface area contributed by atoms with Crippen molar-refractivity contribution in [2.24, 2.45) is 4.99 Å². The summed E-state index contributed by atoms with van der Waals surface area (Å²) < 4.78 is 48.3. The zero-order valence-electron chi connectivity index (χ0n) is 15.5. The van der Waals surface area contributed by atoms with Crippen molar-refractivity contribution in [1.82, 2.24) is 4.98 Å². The number of ether oxygens (including phenoxy) is 2. The Balaban J connectivity index is 0.000000828. The highest BCUT2D eigenvalue weighted by Gasteiger charge is 2.33. The zero-order valence-corrected chi connectivity index (χ0v) is 16.3. The van der Waals surface area contributed by atoms with E-state index in [1.807, 2.05) is 6.92 Å². The van der Waals surface area contributed by atoms with Crippen LogP contribution in [-0.4, -0.2) is 49.9 Å². The summed E-state index contributed by atoms with van der Waals surface area (Å²) in [6.45, 7) is 2.76. The summed E-state index contributed by atoms with van der Waals surface area (Å²) >= 11 is 1.30. The van der Waals surface area contributed by atoms with Gasteiger partial charge in [-0.15, -0.1) is 11.8 Å². The molecule has 1 heterocycles. The molecule has 1 aromatic carbocycles. The van der Waals surface area contributed by atoms with Crippen molar-refractivity contribution in [3.05, 3.63) is 35.5 Å². The average Bonchev–Trinajstić information content (AvgIpc) is 2.67. The van der Waals surface area contributed by atoms with Crippen LogP contribution < -0.4 is 4.74 Å². The number of benzene rings is 1. The van der Waals surface area contributed by atoms with E-state index < -0.39 is 11.9 Å². The SMILES string of the molecule is CCOC.COc1ccc(C(=NCC=O)SC)c2ccc(C(F)(F)F)nc12. The normalized spacial score (nSPS) is 11.7. The third-order valence-corrected chi connectivity index (χ3v) is 4.09. The second-order valence-electron chi connectivity index (χ2n) is 5.00. The fourth-order valence-corrected chi connectivity index (χ4v) is 2.68. The molecule has 0 N–H and O–H groups in total. The fourth-order valence-electron chi connectivity index (χ4n) is 2.08. The van der Waals surface area contributed by atoms with Crippen molar-refractivity contribution in [2.75, 3.05) is 33.6 Å². The van der Waals surface area contributed by atoms with Crippen LogP contribution in [-0.2, 0) is 15.7 Å². The predicted molar refractivity (Wildman–Crippen MR) is 102 cm³/mol. The van der Waals surface area contributed by atoms with E-state index in [0.717, 1.165) is 12.7 Å². The third kappa shape index (κ3) is 6.21. The number of alkyl halides is 3. The van der Waals surface area contributed by atoms with E-state index >= 15 is 0 Å². The van der Waals surface area contributed by atoms with Crippen LogP contribution >= 0.6 is 11.8 Å². The van der Waals surface area contributed by atoms with Gasteiger partial charge in [0.25, 0.3) is 0 Å².